The van der Waals surface area contributed by atoms with Gasteiger partial charge in [-0.15, -0.1) is 0 Å². The van der Waals surface area contributed by atoms with E-state index >= 15 is 0 Å². The van der Waals surface area contributed by atoms with Crippen molar-refractivity contribution < 1.29 is 23.0 Å². The Morgan fingerprint density at radius 3 is 2.35 bits per heavy atom. The third-order valence-corrected chi connectivity index (χ3v) is 5.34. The molecule has 124 valence electrons. The molecule has 0 spiro atoms. The van der Waals surface area contributed by atoms with E-state index in [0.29, 0.717) is 11.3 Å². The van der Waals surface area contributed by atoms with Crippen LogP contribution in [-0.2, 0) is 10.0 Å². The number of anilines is 1. The molecule has 2 aromatic carbocycles. The van der Waals surface area contributed by atoms with Gasteiger partial charge in [0.1, 0.15) is 17.2 Å². The minimum Gasteiger partial charge on any atom is -0.508 e. The molecule has 7 heteroatoms. The quantitative estimate of drug-likeness (QED) is 0.907. The van der Waals surface area contributed by atoms with Crippen LogP contribution in [0, 0.1) is 6.92 Å². The first-order chi connectivity index (χ1) is 10.8. The second-order valence-corrected chi connectivity index (χ2v) is 6.85. The van der Waals surface area contributed by atoms with E-state index in [1.165, 1.54) is 33.4 Å². The number of hydrogen-bond donors (Lipinski definition) is 1. The normalized spacial score (nSPS) is 11.1. The molecule has 0 aliphatic carbocycles. The van der Waals surface area contributed by atoms with Crippen molar-refractivity contribution in [1.82, 2.24) is 0 Å². The highest BCUT2D eigenvalue weighted by Gasteiger charge is 2.30. The summed E-state index contributed by atoms with van der Waals surface area (Å²) in [5.41, 5.74) is 1.01. The van der Waals surface area contributed by atoms with Crippen LogP contribution in [0.4, 0.5) is 5.69 Å². The van der Waals surface area contributed by atoms with Gasteiger partial charge in [-0.25, -0.2) is 8.42 Å². The van der Waals surface area contributed by atoms with Crippen molar-refractivity contribution in [2.45, 2.75) is 11.8 Å². The maximum atomic E-state index is 13.0. The molecule has 0 amide bonds. The van der Waals surface area contributed by atoms with Crippen molar-refractivity contribution >= 4 is 15.7 Å². The summed E-state index contributed by atoms with van der Waals surface area (Å²) in [6.07, 6.45) is 0. The average molecular weight is 337 g/mol. The van der Waals surface area contributed by atoms with E-state index in [0.717, 1.165) is 4.31 Å². The fourth-order valence-corrected chi connectivity index (χ4v) is 3.82. The van der Waals surface area contributed by atoms with E-state index in [4.69, 9.17) is 9.47 Å². The summed E-state index contributed by atoms with van der Waals surface area (Å²) in [7, 11) is 0.276. The zero-order chi connectivity index (χ0) is 17.2. The number of aromatic hydroxyl groups is 1. The molecule has 0 fully saturated rings. The first-order valence-corrected chi connectivity index (χ1v) is 8.26. The van der Waals surface area contributed by atoms with Gasteiger partial charge in [-0.05, 0) is 30.7 Å². The van der Waals surface area contributed by atoms with Crippen molar-refractivity contribution in [2.75, 3.05) is 25.6 Å². The summed E-state index contributed by atoms with van der Waals surface area (Å²) in [6.45, 7) is 1.76. The molecular weight excluding hydrogens is 318 g/mol. The lowest BCUT2D eigenvalue weighted by molar-refractivity contribution is 0.371. The molecule has 0 bridgehead atoms. The number of phenolic OH excluding ortho intramolecular Hbond substituents is 1. The molecule has 0 saturated heterocycles. The molecule has 0 saturated carbocycles. The Hall–Kier alpha value is -2.41. The number of hydrogen-bond acceptors (Lipinski definition) is 5. The predicted molar refractivity (Wildman–Crippen MR) is 88.0 cm³/mol. The third-order valence-electron chi connectivity index (χ3n) is 3.51. The number of rotatable bonds is 5. The van der Waals surface area contributed by atoms with Crippen LogP contribution in [0.15, 0.2) is 41.3 Å². The van der Waals surface area contributed by atoms with Crippen molar-refractivity contribution in [3.8, 4) is 17.2 Å². The molecule has 23 heavy (non-hydrogen) atoms. The minimum atomic E-state index is -3.94. The van der Waals surface area contributed by atoms with E-state index < -0.39 is 10.0 Å². The Kier molecular flexibility index (Phi) is 4.70. The fourth-order valence-electron chi connectivity index (χ4n) is 2.27. The number of sulfonamides is 1. The van der Waals surface area contributed by atoms with Crippen LogP contribution in [0.3, 0.4) is 0 Å². The van der Waals surface area contributed by atoms with Crippen LogP contribution in [0.2, 0.25) is 0 Å². The van der Waals surface area contributed by atoms with Gasteiger partial charge >= 0.3 is 0 Å². The number of methoxy groups -OCH3 is 2. The number of aryl methyl sites for hydroxylation is 1. The Morgan fingerprint density at radius 1 is 1.09 bits per heavy atom. The lowest BCUT2D eigenvalue weighted by atomic mass is 10.2. The van der Waals surface area contributed by atoms with Gasteiger partial charge in [-0.1, -0.05) is 12.1 Å². The highest BCUT2D eigenvalue weighted by Crippen LogP contribution is 2.38. The van der Waals surface area contributed by atoms with Gasteiger partial charge in [0.2, 0.25) is 0 Å². The number of benzene rings is 2. The van der Waals surface area contributed by atoms with Gasteiger partial charge in [0.05, 0.1) is 19.9 Å². The third kappa shape index (κ3) is 3.05. The number of nitrogens with zero attached hydrogens (tertiary/aromatic N) is 1. The number of ether oxygens (including phenoxy) is 2. The first-order valence-electron chi connectivity index (χ1n) is 6.82. The van der Waals surface area contributed by atoms with Crippen LogP contribution >= 0.6 is 0 Å². The summed E-state index contributed by atoms with van der Waals surface area (Å²) in [4.78, 5) is -0.0478. The van der Waals surface area contributed by atoms with Gasteiger partial charge in [0, 0.05) is 13.1 Å². The minimum absolute atomic E-state index is 0.0206. The second-order valence-electron chi connectivity index (χ2n) is 4.94. The molecule has 0 unspecified atom stereocenters. The average Bonchev–Trinajstić information content (AvgIpc) is 2.53. The maximum absolute atomic E-state index is 13.0. The van der Waals surface area contributed by atoms with E-state index in [1.807, 2.05) is 0 Å². The van der Waals surface area contributed by atoms with E-state index in [1.54, 1.807) is 31.2 Å². The summed E-state index contributed by atoms with van der Waals surface area (Å²) in [5.74, 6) is 0.406. The standard InChI is InChI=1S/C16H19NO5S/c1-11-8-9-14(21-3)16(15(11)22-4)23(19,20)17(2)12-6-5-7-13(18)10-12/h5-10,18H,1-4H3. The topological polar surface area (TPSA) is 76.1 Å². The highest BCUT2D eigenvalue weighted by molar-refractivity contribution is 7.93. The van der Waals surface area contributed by atoms with Crippen molar-refractivity contribution in [2.24, 2.45) is 0 Å². The molecule has 0 aromatic heterocycles. The lowest BCUT2D eigenvalue weighted by Crippen LogP contribution is -2.27. The van der Waals surface area contributed by atoms with Crippen molar-refractivity contribution in [3.05, 3.63) is 42.0 Å². The van der Waals surface area contributed by atoms with E-state index in [-0.39, 0.29) is 22.1 Å². The summed E-state index contributed by atoms with van der Waals surface area (Å²) in [5, 5.41) is 9.57. The molecule has 0 heterocycles. The van der Waals surface area contributed by atoms with Crippen LogP contribution in [-0.4, -0.2) is 34.8 Å². The molecule has 6 nitrogen and oxygen atoms in total. The molecule has 0 radical (unpaired) electrons. The molecule has 0 aliphatic rings. The van der Waals surface area contributed by atoms with Crippen LogP contribution in [0.25, 0.3) is 0 Å². The molecule has 0 atom stereocenters. The van der Waals surface area contributed by atoms with Crippen LogP contribution in [0.1, 0.15) is 5.56 Å². The van der Waals surface area contributed by atoms with Crippen LogP contribution in [0.5, 0.6) is 17.2 Å². The summed E-state index contributed by atoms with van der Waals surface area (Å²) in [6, 6.07) is 9.31. The predicted octanol–water partition coefficient (Wildman–Crippen LogP) is 2.54. The van der Waals surface area contributed by atoms with Gasteiger partial charge in [-0.3, -0.25) is 4.31 Å². The number of phenols is 1. The Morgan fingerprint density at radius 2 is 1.78 bits per heavy atom. The molecule has 1 N–H and O–H groups in total. The van der Waals surface area contributed by atoms with Gasteiger partial charge in [0.25, 0.3) is 10.0 Å². The SMILES string of the molecule is COc1ccc(C)c(OC)c1S(=O)(=O)N(C)c1cccc(O)c1. The molecule has 2 rings (SSSR count). The lowest BCUT2D eigenvalue weighted by Gasteiger charge is -2.23. The maximum Gasteiger partial charge on any atom is 0.271 e. The Balaban J connectivity index is 2.66. The first kappa shape index (κ1) is 17.0. The molecular formula is C16H19NO5S. The summed E-state index contributed by atoms with van der Waals surface area (Å²) < 4.78 is 37.6. The second kappa shape index (κ2) is 6.37. The fraction of sp³-hybridized carbons (Fsp3) is 0.250. The highest BCUT2D eigenvalue weighted by atomic mass is 32.2. The molecule has 0 aliphatic heterocycles. The zero-order valence-corrected chi connectivity index (χ0v) is 14.2. The van der Waals surface area contributed by atoms with Gasteiger partial charge in [0.15, 0.2) is 4.90 Å². The molecule has 2 aromatic rings. The van der Waals surface area contributed by atoms with Gasteiger partial charge < -0.3 is 14.6 Å². The summed E-state index contributed by atoms with van der Waals surface area (Å²) >= 11 is 0. The Bertz CT molecular complexity index is 817. The van der Waals surface area contributed by atoms with Crippen molar-refractivity contribution in [1.29, 1.82) is 0 Å². The largest absolute Gasteiger partial charge is 0.508 e. The van der Waals surface area contributed by atoms with E-state index in [2.05, 4.69) is 0 Å². The van der Waals surface area contributed by atoms with E-state index in [9.17, 15) is 13.5 Å². The van der Waals surface area contributed by atoms with Crippen LogP contribution < -0.4 is 13.8 Å². The van der Waals surface area contributed by atoms with Gasteiger partial charge in [-0.2, -0.15) is 0 Å². The Labute approximate surface area is 135 Å². The monoisotopic (exact) mass is 337 g/mol. The smallest absolute Gasteiger partial charge is 0.271 e. The van der Waals surface area contributed by atoms with Crippen molar-refractivity contribution in [3.63, 3.8) is 0 Å². The zero-order valence-electron chi connectivity index (χ0n) is 13.4.